The molecule has 3 aromatic rings. The van der Waals surface area contributed by atoms with Crippen LogP contribution in [0.3, 0.4) is 0 Å². The summed E-state index contributed by atoms with van der Waals surface area (Å²) in [4.78, 5) is 17.0. The molecule has 0 aliphatic rings. The summed E-state index contributed by atoms with van der Waals surface area (Å²) >= 11 is 6.49. The van der Waals surface area contributed by atoms with Gasteiger partial charge in [-0.15, -0.1) is 0 Å². The highest BCUT2D eigenvalue weighted by atomic mass is 35.5. The van der Waals surface area contributed by atoms with Crippen LogP contribution in [0.2, 0.25) is 5.02 Å². The Hall–Kier alpha value is -2.39. The van der Waals surface area contributed by atoms with Gasteiger partial charge in [0.1, 0.15) is 5.56 Å². The second-order valence-electron chi connectivity index (χ2n) is 4.75. The Morgan fingerprint density at radius 3 is 2.50 bits per heavy atom. The summed E-state index contributed by atoms with van der Waals surface area (Å²) in [6, 6.07) is 17.0. The van der Waals surface area contributed by atoms with E-state index in [2.05, 4.69) is 4.98 Å². The van der Waals surface area contributed by atoms with Gasteiger partial charge in [0.25, 0.3) is 0 Å². The maximum absolute atomic E-state index is 12.4. The number of carbonyl (C=O) groups excluding carboxylic acids is 1. The predicted molar refractivity (Wildman–Crippen MR) is 88.1 cm³/mol. The van der Waals surface area contributed by atoms with Crippen molar-refractivity contribution in [1.82, 2.24) is 4.98 Å². The van der Waals surface area contributed by atoms with Gasteiger partial charge in [-0.3, -0.25) is 0 Å². The highest BCUT2D eigenvalue weighted by Crippen LogP contribution is 2.33. The molecule has 22 heavy (non-hydrogen) atoms. The van der Waals surface area contributed by atoms with E-state index in [0.717, 1.165) is 16.5 Å². The van der Waals surface area contributed by atoms with Gasteiger partial charge in [-0.25, -0.2) is 9.78 Å². The number of hydrogen-bond acceptors (Lipinski definition) is 3. The van der Waals surface area contributed by atoms with Gasteiger partial charge < -0.3 is 4.74 Å². The van der Waals surface area contributed by atoms with E-state index in [9.17, 15) is 4.79 Å². The lowest BCUT2D eigenvalue weighted by atomic mass is 10.0. The van der Waals surface area contributed by atoms with E-state index in [1.165, 1.54) is 0 Å². The van der Waals surface area contributed by atoms with Crippen LogP contribution in [0.4, 0.5) is 0 Å². The van der Waals surface area contributed by atoms with E-state index in [4.69, 9.17) is 16.3 Å². The summed E-state index contributed by atoms with van der Waals surface area (Å²) in [5.74, 6) is -0.454. The third-order valence-corrected chi connectivity index (χ3v) is 3.75. The maximum Gasteiger partial charge on any atom is 0.341 e. The van der Waals surface area contributed by atoms with Crippen LogP contribution < -0.4 is 0 Å². The summed E-state index contributed by atoms with van der Waals surface area (Å²) in [5, 5.41) is 1.12. The molecule has 0 aliphatic heterocycles. The molecule has 0 N–H and O–H groups in total. The van der Waals surface area contributed by atoms with Crippen molar-refractivity contribution in [3.05, 3.63) is 65.2 Å². The van der Waals surface area contributed by atoms with Crippen LogP contribution in [0.15, 0.2) is 54.6 Å². The van der Waals surface area contributed by atoms with Crippen molar-refractivity contribution in [1.29, 1.82) is 0 Å². The molecule has 0 saturated carbocycles. The minimum atomic E-state index is -0.454. The Balaban J connectivity index is 2.33. The first kappa shape index (κ1) is 14.5. The molecule has 0 amide bonds. The van der Waals surface area contributed by atoms with Crippen LogP contribution in [0.25, 0.3) is 22.2 Å². The van der Waals surface area contributed by atoms with Crippen molar-refractivity contribution in [3.63, 3.8) is 0 Å². The van der Waals surface area contributed by atoms with Gasteiger partial charge in [0.15, 0.2) is 0 Å². The van der Waals surface area contributed by atoms with Crippen molar-refractivity contribution < 1.29 is 9.53 Å². The molecule has 3 nitrogen and oxygen atoms in total. The lowest BCUT2D eigenvalue weighted by molar-refractivity contribution is 0.0527. The molecule has 2 aromatic carbocycles. The van der Waals surface area contributed by atoms with E-state index in [-0.39, 0.29) is 6.61 Å². The molecule has 0 atom stereocenters. The highest BCUT2D eigenvalue weighted by Gasteiger charge is 2.22. The number of hydrogen-bond donors (Lipinski definition) is 0. The molecule has 1 heterocycles. The third-order valence-electron chi connectivity index (χ3n) is 3.36. The molecule has 0 saturated heterocycles. The molecule has 0 bridgehead atoms. The monoisotopic (exact) mass is 311 g/mol. The van der Waals surface area contributed by atoms with Gasteiger partial charge in [0, 0.05) is 10.9 Å². The summed E-state index contributed by atoms with van der Waals surface area (Å²) in [6.45, 7) is 2.05. The number of aromatic nitrogens is 1. The molecule has 0 fully saturated rings. The minimum Gasteiger partial charge on any atom is -0.462 e. The number of rotatable bonds is 3. The fourth-order valence-corrected chi connectivity index (χ4v) is 2.69. The van der Waals surface area contributed by atoms with Crippen LogP contribution >= 0.6 is 11.6 Å². The number of para-hydroxylation sites is 1. The number of carbonyl (C=O) groups is 1. The highest BCUT2D eigenvalue weighted by molar-refractivity contribution is 6.39. The summed E-state index contributed by atoms with van der Waals surface area (Å²) in [7, 11) is 0. The number of fused-ring (bicyclic) bond motifs is 1. The van der Waals surface area contributed by atoms with Crippen LogP contribution in [-0.4, -0.2) is 17.6 Å². The quantitative estimate of drug-likeness (QED) is 0.656. The molecule has 0 unspecified atom stereocenters. The normalized spacial score (nSPS) is 10.6. The Morgan fingerprint density at radius 2 is 1.77 bits per heavy atom. The Morgan fingerprint density at radius 1 is 1.09 bits per heavy atom. The van der Waals surface area contributed by atoms with E-state index in [0.29, 0.717) is 16.3 Å². The van der Waals surface area contributed by atoms with Crippen LogP contribution in [0.5, 0.6) is 0 Å². The first-order chi connectivity index (χ1) is 10.7. The predicted octanol–water partition coefficient (Wildman–Crippen LogP) is 4.73. The Bertz CT molecular complexity index is 831. The fourth-order valence-electron chi connectivity index (χ4n) is 2.37. The van der Waals surface area contributed by atoms with Crippen LogP contribution in [-0.2, 0) is 4.74 Å². The zero-order valence-electron chi connectivity index (χ0n) is 12.0. The van der Waals surface area contributed by atoms with Gasteiger partial charge in [-0.05, 0) is 13.0 Å². The van der Waals surface area contributed by atoms with Gasteiger partial charge in [-0.2, -0.15) is 0 Å². The molecular weight excluding hydrogens is 298 g/mol. The summed E-state index contributed by atoms with van der Waals surface area (Å²) < 4.78 is 5.16. The average molecular weight is 312 g/mol. The zero-order chi connectivity index (χ0) is 15.5. The first-order valence-corrected chi connectivity index (χ1v) is 7.41. The van der Waals surface area contributed by atoms with Crippen molar-refractivity contribution >= 4 is 28.5 Å². The number of ether oxygens (including phenoxy) is 1. The van der Waals surface area contributed by atoms with Crippen molar-refractivity contribution in [2.75, 3.05) is 6.61 Å². The average Bonchev–Trinajstić information content (AvgIpc) is 2.55. The van der Waals surface area contributed by atoms with E-state index in [1.807, 2.05) is 54.6 Å². The molecule has 1 aromatic heterocycles. The van der Waals surface area contributed by atoms with Crippen molar-refractivity contribution in [2.24, 2.45) is 0 Å². The molecular formula is C18H14ClNO2. The zero-order valence-corrected chi connectivity index (χ0v) is 12.8. The van der Waals surface area contributed by atoms with Crippen LogP contribution in [0.1, 0.15) is 17.3 Å². The number of halogens is 1. The topological polar surface area (TPSA) is 39.2 Å². The first-order valence-electron chi connectivity index (χ1n) is 7.03. The van der Waals surface area contributed by atoms with Gasteiger partial charge in [0.05, 0.1) is 22.8 Å². The standard InChI is InChI=1S/C18H14ClNO2/c1-2-22-18(21)15-16(19)13-10-6-7-11-14(13)20-17(15)12-8-4-3-5-9-12/h3-11H,2H2,1H3. The molecule has 0 aliphatic carbocycles. The van der Waals surface area contributed by atoms with E-state index in [1.54, 1.807) is 6.92 Å². The maximum atomic E-state index is 12.4. The Kier molecular flexibility index (Phi) is 4.07. The smallest absolute Gasteiger partial charge is 0.341 e. The van der Waals surface area contributed by atoms with Crippen LogP contribution in [0, 0.1) is 0 Å². The van der Waals surface area contributed by atoms with Gasteiger partial charge in [0.2, 0.25) is 0 Å². The number of esters is 1. The molecule has 3 rings (SSSR count). The van der Waals surface area contributed by atoms with Crippen molar-refractivity contribution in [2.45, 2.75) is 6.92 Å². The van der Waals surface area contributed by atoms with E-state index < -0.39 is 5.97 Å². The summed E-state index contributed by atoms with van der Waals surface area (Å²) in [5.41, 5.74) is 2.44. The lowest BCUT2D eigenvalue weighted by Crippen LogP contribution is -2.09. The molecule has 0 radical (unpaired) electrons. The second kappa shape index (κ2) is 6.16. The number of benzene rings is 2. The largest absolute Gasteiger partial charge is 0.462 e. The minimum absolute atomic E-state index is 0.288. The number of pyridine rings is 1. The second-order valence-corrected chi connectivity index (χ2v) is 5.13. The third kappa shape index (κ3) is 2.55. The SMILES string of the molecule is CCOC(=O)c1c(-c2ccccc2)nc2ccccc2c1Cl. The summed E-state index contributed by atoms with van der Waals surface area (Å²) in [6.07, 6.45) is 0. The fraction of sp³-hybridized carbons (Fsp3) is 0.111. The number of nitrogens with zero attached hydrogens (tertiary/aromatic N) is 1. The molecule has 4 heteroatoms. The van der Waals surface area contributed by atoms with Gasteiger partial charge in [-0.1, -0.05) is 60.1 Å². The van der Waals surface area contributed by atoms with Crippen molar-refractivity contribution in [3.8, 4) is 11.3 Å². The Labute approximate surface area is 133 Å². The molecule has 110 valence electrons. The molecule has 0 spiro atoms. The van der Waals surface area contributed by atoms with Gasteiger partial charge >= 0.3 is 5.97 Å². The lowest BCUT2D eigenvalue weighted by Gasteiger charge is -2.12. The van der Waals surface area contributed by atoms with E-state index >= 15 is 0 Å².